The van der Waals surface area contributed by atoms with Gasteiger partial charge in [-0.1, -0.05) is 15.9 Å². The van der Waals surface area contributed by atoms with Crippen LogP contribution in [0.1, 0.15) is 12.8 Å². The minimum atomic E-state index is 0.318. The molecule has 16 heavy (non-hydrogen) atoms. The van der Waals surface area contributed by atoms with Gasteiger partial charge in [0.25, 0.3) is 0 Å². The molecule has 0 unspecified atom stereocenters. The van der Waals surface area contributed by atoms with Crippen molar-refractivity contribution in [3.63, 3.8) is 0 Å². The van der Waals surface area contributed by atoms with Crippen LogP contribution in [-0.4, -0.2) is 16.0 Å². The molecule has 1 aromatic heterocycles. The van der Waals surface area contributed by atoms with Gasteiger partial charge >= 0.3 is 0 Å². The second-order valence-corrected chi connectivity index (χ2v) is 4.93. The number of anilines is 2. The molecule has 1 saturated carbocycles. The summed E-state index contributed by atoms with van der Waals surface area (Å²) in [6, 6.07) is 6.46. The van der Waals surface area contributed by atoms with Crippen molar-refractivity contribution in [3.8, 4) is 0 Å². The molecule has 1 aliphatic carbocycles. The number of nitrogens with zero attached hydrogens (tertiary/aromatic N) is 2. The van der Waals surface area contributed by atoms with Crippen LogP contribution in [0.15, 0.2) is 22.7 Å². The van der Waals surface area contributed by atoms with E-state index in [0.717, 1.165) is 21.2 Å². The summed E-state index contributed by atoms with van der Waals surface area (Å²) in [4.78, 5) is 8.47. The molecule has 1 aliphatic rings. The van der Waals surface area contributed by atoms with Crippen molar-refractivity contribution < 1.29 is 0 Å². The highest BCUT2D eigenvalue weighted by atomic mass is 79.9. The largest absolute Gasteiger partial charge is 0.368 e. The first-order chi connectivity index (χ1) is 7.72. The maximum atomic E-state index is 5.68. The van der Waals surface area contributed by atoms with Crippen molar-refractivity contribution in [2.45, 2.75) is 18.9 Å². The van der Waals surface area contributed by atoms with E-state index in [1.807, 2.05) is 18.2 Å². The molecule has 1 heterocycles. The Hall–Kier alpha value is -1.36. The lowest BCUT2D eigenvalue weighted by Crippen LogP contribution is -2.06. The van der Waals surface area contributed by atoms with Gasteiger partial charge < -0.3 is 11.1 Å². The van der Waals surface area contributed by atoms with Crippen molar-refractivity contribution in [2.24, 2.45) is 0 Å². The third kappa shape index (κ3) is 1.82. The number of halogens is 1. The summed E-state index contributed by atoms with van der Waals surface area (Å²) in [6.07, 6.45) is 2.42. The van der Waals surface area contributed by atoms with E-state index in [4.69, 9.17) is 5.73 Å². The fourth-order valence-corrected chi connectivity index (χ4v) is 2.01. The average molecular weight is 279 g/mol. The molecular formula is C11H11BrN4. The predicted molar refractivity (Wildman–Crippen MR) is 68.3 cm³/mol. The van der Waals surface area contributed by atoms with Gasteiger partial charge in [0.2, 0.25) is 5.95 Å². The average Bonchev–Trinajstić information content (AvgIpc) is 3.03. The summed E-state index contributed by atoms with van der Waals surface area (Å²) in [5.41, 5.74) is 6.56. The quantitative estimate of drug-likeness (QED) is 0.886. The minimum absolute atomic E-state index is 0.318. The Bertz CT molecular complexity index is 551. The number of nitrogens with one attached hydrogen (secondary N) is 1. The van der Waals surface area contributed by atoms with Crippen molar-refractivity contribution in [2.75, 3.05) is 11.1 Å². The Labute approximate surface area is 101 Å². The van der Waals surface area contributed by atoms with E-state index >= 15 is 0 Å². The zero-order valence-electron chi connectivity index (χ0n) is 8.57. The van der Waals surface area contributed by atoms with E-state index in [1.165, 1.54) is 12.8 Å². The smallest absolute Gasteiger partial charge is 0.222 e. The van der Waals surface area contributed by atoms with Crippen LogP contribution in [-0.2, 0) is 0 Å². The molecule has 3 N–H and O–H groups in total. The standard InChI is InChI=1S/C11H11BrN4/c12-6-1-4-9-8(5-6)10(14-7-2-3-7)16-11(13)15-9/h1,4-5,7H,2-3H2,(H3,13,14,15,16). The summed E-state index contributed by atoms with van der Waals surface area (Å²) in [5.74, 6) is 1.16. The molecule has 0 saturated heterocycles. The van der Waals surface area contributed by atoms with E-state index in [2.05, 4.69) is 31.2 Å². The van der Waals surface area contributed by atoms with Crippen molar-refractivity contribution in [1.29, 1.82) is 0 Å². The highest BCUT2D eigenvalue weighted by Gasteiger charge is 2.22. The van der Waals surface area contributed by atoms with Crippen molar-refractivity contribution >= 4 is 38.6 Å². The maximum absolute atomic E-state index is 5.68. The monoisotopic (exact) mass is 278 g/mol. The lowest BCUT2D eigenvalue weighted by Gasteiger charge is -2.08. The minimum Gasteiger partial charge on any atom is -0.368 e. The molecule has 1 fully saturated rings. The van der Waals surface area contributed by atoms with Gasteiger partial charge in [0.1, 0.15) is 5.82 Å². The molecule has 0 bridgehead atoms. The normalized spacial score (nSPS) is 15.3. The second kappa shape index (κ2) is 3.59. The lowest BCUT2D eigenvalue weighted by molar-refractivity contribution is 1.11. The highest BCUT2D eigenvalue weighted by Crippen LogP contribution is 2.29. The number of benzene rings is 1. The number of hydrogen-bond acceptors (Lipinski definition) is 4. The van der Waals surface area contributed by atoms with Gasteiger partial charge in [-0.2, -0.15) is 4.98 Å². The topological polar surface area (TPSA) is 63.8 Å². The molecule has 0 atom stereocenters. The molecule has 2 aromatic rings. The second-order valence-electron chi connectivity index (χ2n) is 4.01. The Kier molecular flexibility index (Phi) is 2.21. The number of hydrogen-bond donors (Lipinski definition) is 2. The van der Waals surface area contributed by atoms with Crippen LogP contribution < -0.4 is 11.1 Å². The summed E-state index contributed by atoms with van der Waals surface area (Å²) in [5, 5.41) is 4.38. The third-order valence-electron chi connectivity index (χ3n) is 2.59. The van der Waals surface area contributed by atoms with Crippen LogP contribution in [0.4, 0.5) is 11.8 Å². The number of fused-ring (bicyclic) bond motifs is 1. The van der Waals surface area contributed by atoms with Crippen molar-refractivity contribution in [1.82, 2.24) is 9.97 Å². The summed E-state index contributed by atoms with van der Waals surface area (Å²) in [7, 11) is 0. The van der Waals surface area contributed by atoms with Gasteiger partial charge in [0.05, 0.1) is 5.52 Å². The van der Waals surface area contributed by atoms with Crippen LogP contribution in [0.25, 0.3) is 10.9 Å². The molecule has 0 aliphatic heterocycles. The molecule has 1 aromatic carbocycles. The van der Waals surface area contributed by atoms with E-state index in [1.54, 1.807) is 0 Å². The molecule has 4 nitrogen and oxygen atoms in total. The highest BCUT2D eigenvalue weighted by molar-refractivity contribution is 9.10. The van der Waals surface area contributed by atoms with Crippen LogP contribution in [0.3, 0.4) is 0 Å². The first-order valence-corrected chi connectivity index (χ1v) is 6.01. The predicted octanol–water partition coefficient (Wildman–Crippen LogP) is 2.55. The van der Waals surface area contributed by atoms with Gasteiger partial charge in [-0.15, -0.1) is 0 Å². The maximum Gasteiger partial charge on any atom is 0.222 e. The molecule has 5 heteroatoms. The van der Waals surface area contributed by atoms with E-state index in [0.29, 0.717) is 12.0 Å². The lowest BCUT2D eigenvalue weighted by atomic mass is 10.2. The SMILES string of the molecule is Nc1nc(NC2CC2)c2cc(Br)ccc2n1. The summed E-state index contributed by atoms with van der Waals surface area (Å²) < 4.78 is 1.02. The van der Waals surface area contributed by atoms with Gasteiger partial charge in [0, 0.05) is 15.9 Å². The number of nitrogen functional groups attached to an aromatic ring is 1. The Morgan fingerprint density at radius 2 is 2.12 bits per heavy atom. The van der Waals surface area contributed by atoms with Gasteiger partial charge in [-0.25, -0.2) is 4.98 Å². The van der Waals surface area contributed by atoms with E-state index < -0.39 is 0 Å². The van der Waals surface area contributed by atoms with Crippen LogP contribution >= 0.6 is 15.9 Å². The zero-order valence-corrected chi connectivity index (χ0v) is 10.2. The Morgan fingerprint density at radius 3 is 2.88 bits per heavy atom. The summed E-state index contributed by atoms with van der Waals surface area (Å²) in [6.45, 7) is 0. The fourth-order valence-electron chi connectivity index (χ4n) is 1.65. The van der Waals surface area contributed by atoms with Gasteiger partial charge in [-0.3, -0.25) is 0 Å². The van der Waals surface area contributed by atoms with Gasteiger partial charge in [-0.05, 0) is 31.0 Å². The molecule has 0 radical (unpaired) electrons. The Morgan fingerprint density at radius 1 is 1.31 bits per heavy atom. The van der Waals surface area contributed by atoms with E-state index in [9.17, 15) is 0 Å². The number of nitrogens with two attached hydrogens (primary N) is 1. The first-order valence-electron chi connectivity index (χ1n) is 5.22. The summed E-state index contributed by atoms with van der Waals surface area (Å²) >= 11 is 3.45. The number of aromatic nitrogens is 2. The molecule has 3 rings (SSSR count). The van der Waals surface area contributed by atoms with Crippen molar-refractivity contribution in [3.05, 3.63) is 22.7 Å². The van der Waals surface area contributed by atoms with Crippen LogP contribution in [0.2, 0.25) is 0 Å². The molecule has 0 spiro atoms. The fraction of sp³-hybridized carbons (Fsp3) is 0.273. The zero-order chi connectivity index (χ0) is 11.1. The molecule has 0 amide bonds. The Balaban J connectivity index is 2.18. The molecule has 82 valence electrons. The third-order valence-corrected chi connectivity index (χ3v) is 3.09. The van der Waals surface area contributed by atoms with E-state index in [-0.39, 0.29) is 0 Å². The first kappa shape index (κ1) is 9.84. The van der Waals surface area contributed by atoms with Crippen LogP contribution in [0, 0.1) is 0 Å². The van der Waals surface area contributed by atoms with Gasteiger partial charge in [0.15, 0.2) is 0 Å². The molecular weight excluding hydrogens is 268 g/mol. The van der Waals surface area contributed by atoms with Crippen LogP contribution in [0.5, 0.6) is 0 Å². The number of rotatable bonds is 2.